The van der Waals surface area contributed by atoms with Gasteiger partial charge in [-0.2, -0.15) is 0 Å². The van der Waals surface area contributed by atoms with Crippen LogP contribution in [-0.4, -0.2) is 62.1 Å². The van der Waals surface area contributed by atoms with Gasteiger partial charge in [-0.25, -0.2) is 9.97 Å². The highest BCUT2D eigenvalue weighted by Crippen LogP contribution is 2.29. The summed E-state index contributed by atoms with van der Waals surface area (Å²) in [4.78, 5) is 41.7. The second kappa shape index (κ2) is 10.4. The molecular weight excluding hydrogens is 484 g/mol. The van der Waals surface area contributed by atoms with Crippen LogP contribution in [0.5, 0.6) is 0 Å². The average molecular weight is 507 g/mol. The summed E-state index contributed by atoms with van der Waals surface area (Å²) < 4.78 is 5.65. The molecule has 1 aliphatic heterocycles. The van der Waals surface area contributed by atoms with Crippen LogP contribution < -0.4 is 10.6 Å². The van der Waals surface area contributed by atoms with Crippen LogP contribution in [0, 0.1) is 0 Å². The smallest absolute Gasteiger partial charge is 0.255 e. The van der Waals surface area contributed by atoms with E-state index in [-0.39, 0.29) is 41.0 Å². The summed E-state index contributed by atoms with van der Waals surface area (Å²) in [6, 6.07) is 7.95. The predicted molar refractivity (Wildman–Crippen MR) is 134 cm³/mol. The fourth-order valence-electron chi connectivity index (χ4n) is 4.13. The molecule has 4 N–H and O–H groups in total. The van der Waals surface area contributed by atoms with Gasteiger partial charge in [-0.15, -0.1) is 0 Å². The van der Waals surface area contributed by atoms with Crippen molar-refractivity contribution in [2.24, 2.45) is 0 Å². The highest BCUT2D eigenvalue weighted by Gasteiger charge is 2.25. The Morgan fingerprint density at radius 2 is 2.08 bits per heavy atom. The van der Waals surface area contributed by atoms with Gasteiger partial charge in [0.25, 0.3) is 5.91 Å². The number of carbonyl (C=O) groups is 2. The number of carbonyl (C=O) groups excluding carboxylic acids is 2. The van der Waals surface area contributed by atoms with Gasteiger partial charge in [0.05, 0.1) is 53.2 Å². The number of fused-ring (bicyclic) bond motifs is 1. The third kappa shape index (κ3) is 4.92. The standard InChI is InChI=1S/C25H23ClN6O4/c26-20-8-14(25(35)32-15-2-1-7-27-9-15)3-6-18(20)22(34)19-10-28-23-21(19)24(30-13-29-23)31-16-4-5-17(11-33)36-12-16/h1-3,6-10,13,16-17,33H,4-5,11-12H2,(H,32,35)(H2,28,29,30,31)/t16-,17+/m1/s1. The fraction of sp³-hybridized carbons (Fsp3) is 0.240. The van der Waals surface area contributed by atoms with E-state index in [1.165, 1.54) is 24.7 Å². The molecule has 4 aromatic rings. The Labute approximate surface area is 211 Å². The molecule has 184 valence electrons. The fourth-order valence-corrected chi connectivity index (χ4v) is 4.40. The Hall–Kier alpha value is -3.86. The third-order valence-corrected chi connectivity index (χ3v) is 6.34. The Balaban J connectivity index is 1.38. The number of ether oxygens (including phenoxy) is 1. The van der Waals surface area contributed by atoms with E-state index in [1.807, 2.05) is 0 Å². The van der Waals surface area contributed by atoms with Crippen molar-refractivity contribution in [3.05, 3.63) is 77.0 Å². The summed E-state index contributed by atoms with van der Waals surface area (Å²) in [7, 11) is 0. The normalized spacial score (nSPS) is 17.6. The number of ketones is 1. The molecular formula is C25H23ClN6O4. The topological polar surface area (TPSA) is 142 Å². The van der Waals surface area contributed by atoms with Crippen LogP contribution >= 0.6 is 11.6 Å². The number of halogens is 1. The summed E-state index contributed by atoms with van der Waals surface area (Å²) in [5.74, 6) is -0.193. The number of rotatable bonds is 7. The molecule has 0 saturated carbocycles. The minimum Gasteiger partial charge on any atom is -0.394 e. The Kier molecular flexibility index (Phi) is 6.90. The molecule has 3 aromatic heterocycles. The summed E-state index contributed by atoms with van der Waals surface area (Å²) in [5, 5.41) is 16.1. The number of aromatic amines is 1. The first-order chi connectivity index (χ1) is 17.5. The lowest BCUT2D eigenvalue weighted by Gasteiger charge is -2.29. The molecule has 0 aliphatic carbocycles. The molecule has 1 aromatic carbocycles. The van der Waals surface area contributed by atoms with E-state index >= 15 is 0 Å². The van der Waals surface area contributed by atoms with Crippen molar-refractivity contribution in [2.75, 3.05) is 23.8 Å². The van der Waals surface area contributed by atoms with Crippen LogP contribution in [0.15, 0.2) is 55.2 Å². The second-order valence-electron chi connectivity index (χ2n) is 8.42. The SMILES string of the molecule is O=C(Nc1cccnc1)c1ccc(C(=O)c2c[nH]c3ncnc(N[C@@H]4CC[C@@H](CO)OC4)c23)c(Cl)c1. The molecule has 1 aliphatic rings. The maximum atomic E-state index is 13.5. The molecule has 0 spiro atoms. The van der Waals surface area contributed by atoms with Gasteiger partial charge in [0.1, 0.15) is 17.8 Å². The zero-order chi connectivity index (χ0) is 25.1. The number of anilines is 2. The predicted octanol–water partition coefficient (Wildman–Crippen LogP) is 3.44. The number of benzene rings is 1. The molecule has 2 atom stereocenters. The average Bonchev–Trinajstić information content (AvgIpc) is 3.34. The van der Waals surface area contributed by atoms with Crippen molar-refractivity contribution >= 4 is 45.8 Å². The molecule has 1 fully saturated rings. The number of aromatic nitrogens is 4. The molecule has 0 radical (unpaired) electrons. The van der Waals surface area contributed by atoms with Gasteiger partial charge in [-0.05, 0) is 43.2 Å². The summed E-state index contributed by atoms with van der Waals surface area (Å²) in [6.45, 7) is 0.407. The zero-order valence-electron chi connectivity index (χ0n) is 19.1. The lowest BCUT2D eigenvalue weighted by Crippen LogP contribution is -2.36. The van der Waals surface area contributed by atoms with E-state index in [0.29, 0.717) is 40.3 Å². The number of aliphatic hydroxyl groups is 1. The minimum absolute atomic E-state index is 0.00833. The van der Waals surface area contributed by atoms with Crippen molar-refractivity contribution in [2.45, 2.75) is 25.0 Å². The van der Waals surface area contributed by atoms with Crippen LogP contribution in [-0.2, 0) is 4.74 Å². The Bertz CT molecular complexity index is 1400. The van der Waals surface area contributed by atoms with Crippen LogP contribution in [0.3, 0.4) is 0 Å². The number of pyridine rings is 1. The first-order valence-electron chi connectivity index (χ1n) is 11.4. The van der Waals surface area contributed by atoms with Gasteiger partial charge in [-0.3, -0.25) is 14.6 Å². The lowest BCUT2D eigenvalue weighted by molar-refractivity contribution is -0.0224. The molecule has 36 heavy (non-hydrogen) atoms. The summed E-state index contributed by atoms with van der Waals surface area (Å²) in [6.07, 6.45) is 7.49. The quantitative estimate of drug-likeness (QED) is 0.279. The van der Waals surface area contributed by atoms with E-state index in [2.05, 4.69) is 30.6 Å². The number of hydrogen-bond donors (Lipinski definition) is 4. The minimum atomic E-state index is -0.367. The van der Waals surface area contributed by atoms with Gasteiger partial charge in [0.15, 0.2) is 5.78 Å². The maximum Gasteiger partial charge on any atom is 0.255 e. The molecule has 10 nitrogen and oxygen atoms in total. The molecule has 0 bridgehead atoms. The summed E-state index contributed by atoms with van der Waals surface area (Å²) in [5.41, 5.74) is 1.96. The largest absolute Gasteiger partial charge is 0.394 e. The molecule has 1 saturated heterocycles. The van der Waals surface area contributed by atoms with Crippen molar-refractivity contribution < 1.29 is 19.4 Å². The van der Waals surface area contributed by atoms with Crippen molar-refractivity contribution in [3.8, 4) is 0 Å². The van der Waals surface area contributed by atoms with Gasteiger partial charge < -0.3 is 25.5 Å². The highest BCUT2D eigenvalue weighted by atomic mass is 35.5. The monoisotopic (exact) mass is 506 g/mol. The van der Waals surface area contributed by atoms with Crippen LogP contribution in [0.2, 0.25) is 5.02 Å². The number of hydrogen-bond acceptors (Lipinski definition) is 8. The number of nitrogens with one attached hydrogen (secondary N) is 3. The third-order valence-electron chi connectivity index (χ3n) is 6.02. The van der Waals surface area contributed by atoms with Crippen LogP contribution in [0.25, 0.3) is 11.0 Å². The van der Waals surface area contributed by atoms with E-state index < -0.39 is 0 Å². The van der Waals surface area contributed by atoms with Crippen LogP contribution in [0.1, 0.15) is 39.1 Å². The van der Waals surface area contributed by atoms with Gasteiger partial charge in [-0.1, -0.05) is 11.6 Å². The number of amides is 1. The van der Waals surface area contributed by atoms with E-state index in [0.717, 1.165) is 12.8 Å². The van der Waals surface area contributed by atoms with Gasteiger partial charge >= 0.3 is 0 Å². The lowest BCUT2D eigenvalue weighted by atomic mass is 10.0. The van der Waals surface area contributed by atoms with Crippen molar-refractivity contribution in [1.82, 2.24) is 19.9 Å². The first-order valence-corrected chi connectivity index (χ1v) is 11.8. The van der Waals surface area contributed by atoms with Gasteiger partial charge in [0.2, 0.25) is 0 Å². The molecule has 4 heterocycles. The number of nitrogens with zero attached hydrogens (tertiary/aromatic N) is 3. The molecule has 1 amide bonds. The Morgan fingerprint density at radius 1 is 1.19 bits per heavy atom. The Morgan fingerprint density at radius 3 is 2.81 bits per heavy atom. The van der Waals surface area contributed by atoms with E-state index in [1.54, 1.807) is 30.6 Å². The zero-order valence-corrected chi connectivity index (χ0v) is 19.8. The summed E-state index contributed by atoms with van der Waals surface area (Å²) >= 11 is 6.46. The molecule has 0 unspecified atom stereocenters. The van der Waals surface area contributed by atoms with Crippen molar-refractivity contribution in [3.63, 3.8) is 0 Å². The van der Waals surface area contributed by atoms with E-state index in [9.17, 15) is 14.7 Å². The number of aliphatic hydroxyl groups excluding tert-OH is 1. The first kappa shape index (κ1) is 23.9. The highest BCUT2D eigenvalue weighted by molar-refractivity contribution is 6.36. The second-order valence-corrected chi connectivity index (χ2v) is 8.83. The maximum absolute atomic E-state index is 13.5. The van der Waals surface area contributed by atoms with Gasteiger partial charge in [0, 0.05) is 23.5 Å². The van der Waals surface area contributed by atoms with E-state index in [4.69, 9.17) is 16.3 Å². The van der Waals surface area contributed by atoms with Crippen molar-refractivity contribution in [1.29, 1.82) is 0 Å². The van der Waals surface area contributed by atoms with Crippen LogP contribution in [0.4, 0.5) is 11.5 Å². The molecule has 11 heteroatoms. The number of H-pyrrole nitrogens is 1. The molecule has 5 rings (SSSR count).